The van der Waals surface area contributed by atoms with Crippen molar-refractivity contribution in [3.63, 3.8) is 0 Å². The van der Waals surface area contributed by atoms with Gasteiger partial charge in [0.2, 0.25) is 0 Å². The number of benzene rings is 1. The molecule has 1 aromatic carbocycles. The van der Waals surface area contributed by atoms with E-state index in [1.54, 1.807) is 18.2 Å². The third-order valence-electron chi connectivity index (χ3n) is 2.34. The summed E-state index contributed by atoms with van der Waals surface area (Å²) in [7, 11) is 0. The van der Waals surface area contributed by atoms with E-state index in [4.69, 9.17) is 10.8 Å². The number of nitrogens with two attached hydrogens (primary N) is 1. The number of nitrogens with zero attached hydrogens (tertiary/aromatic N) is 2. The molecule has 0 aliphatic carbocycles. The Bertz CT molecular complexity index is 542. The van der Waals surface area contributed by atoms with Crippen molar-refractivity contribution >= 4 is 21.7 Å². The zero-order valence-electron chi connectivity index (χ0n) is 8.90. The molecule has 1 aromatic heterocycles. The average Bonchev–Trinajstić information content (AvgIpc) is 2.65. The van der Waals surface area contributed by atoms with Crippen LogP contribution < -0.4 is 5.73 Å². The first-order valence-corrected chi connectivity index (χ1v) is 5.80. The Morgan fingerprint density at radius 2 is 2.18 bits per heavy atom. The summed E-state index contributed by atoms with van der Waals surface area (Å²) < 4.78 is 15.3. The van der Waals surface area contributed by atoms with Gasteiger partial charge in [-0.2, -0.15) is 5.10 Å². The van der Waals surface area contributed by atoms with Crippen LogP contribution in [0.5, 0.6) is 0 Å². The van der Waals surface area contributed by atoms with Gasteiger partial charge in [0.05, 0.1) is 23.3 Å². The Kier molecular flexibility index (Phi) is 3.44. The SMILES string of the molecule is Nc1cc(-c2ccc(Br)c(F)c2)nn1CCO. The molecule has 0 aliphatic rings. The van der Waals surface area contributed by atoms with Crippen molar-refractivity contribution in [1.82, 2.24) is 9.78 Å². The van der Waals surface area contributed by atoms with Gasteiger partial charge in [0.15, 0.2) is 0 Å². The molecule has 0 unspecified atom stereocenters. The number of halogens is 2. The van der Waals surface area contributed by atoms with Gasteiger partial charge in [-0.3, -0.25) is 0 Å². The quantitative estimate of drug-likeness (QED) is 0.911. The highest BCUT2D eigenvalue weighted by atomic mass is 79.9. The summed E-state index contributed by atoms with van der Waals surface area (Å²) in [5.74, 6) is 0.0927. The van der Waals surface area contributed by atoms with Gasteiger partial charge in [0.1, 0.15) is 11.6 Å². The molecule has 0 saturated heterocycles. The summed E-state index contributed by atoms with van der Waals surface area (Å²) in [6.07, 6.45) is 0. The van der Waals surface area contributed by atoms with Gasteiger partial charge in [-0.05, 0) is 28.1 Å². The van der Waals surface area contributed by atoms with Gasteiger partial charge in [-0.15, -0.1) is 0 Å². The fourth-order valence-electron chi connectivity index (χ4n) is 1.50. The average molecular weight is 300 g/mol. The van der Waals surface area contributed by atoms with E-state index >= 15 is 0 Å². The number of hydrogen-bond donors (Lipinski definition) is 2. The molecular formula is C11H11BrFN3O. The molecule has 0 aliphatic heterocycles. The fraction of sp³-hybridized carbons (Fsp3) is 0.182. The van der Waals surface area contributed by atoms with E-state index in [1.807, 2.05) is 0 Å². The van der Waals surface area contributed by atoms with Crippen molar-refractivity contribution in [1.29, 1.82) is 0 Å². The Morgan fingerprint density at radius 3 is 2.82 bits per heavy atom. The monoisotopic (exact) mass is 299 g/mol. The number of rotatable bonds is 3. The topological polar surface area (TPSA) is 64.1 Å². The van der Waals surface area contributed by atoms with E-state index in [1.165, 1.54) is 10.7 Å². The summed E-state index contributed by atoms with van der Waals surface area (Å²) in [6, 6.07) is 6.40. The van der Waals surface area contributed by atoms with Crippen LogP contribution in [0.1, 0.15) is 0 Å². The molecule has 1 heterocycles. The molecule has 3 N–H and O–H groups in total. The van der Waals surface area contributed by atoms with E-state index in [-0.39, 0.29) is 12.4 Å². The number of aromatic nitrogens is 2. The van der Waals surface area contributed by atoms with Crippen molar-refractivity contribution in [3.8, 4) is 11.3 Å². The molecule has 0 saturated carbocycles. The predicted octanol–water partition coefficient (Wildman–Crippen LogP) is 2.03. The summed E-state index contributed by atoms with van der Waals surface area (Å²) in [6.45, 7) is 0.283. The molecule has 0 bridgehead atoms. The first-order chi connectivity index (χ1) is 8.11. The van der Waals surface area contributed by atoms with E-state index in [0.717, 1.165) is 0 Å². The third kappa shape index (κ3) is 2.48. The van der Waals surface area contributed by atoms with Crippen molar-refractivity contribution in [2.45, 2.75) is 6.54 Å². The van der Waals surface area contributed by atoms with Crippen molar-refractivity contribution in [2.75, 3.05) is 12.3 Å². The van der Waals surface area contributed by atoms with Crippen LogP contribution in [-0.4, -0.2) is 21.5 Å². The first kappa shape index (κ1) is 12.1. The second-order valence-corrected chi connectivity index (χ2v) is 4.38. The highest BCUT2D eigenvalue weighted by Crippen LogP contribution is 2.24. The van der Waals surface area contributed by atoms with Crippen LogP contribution in [0.15, 0.2) is 28.7 Å². The summed E-state index contributed by atoms with van der Waals surface area (Å²) in [4.78, 5) is 0. The lowest BCUT2D eigenvalue weighted by Crippen LogP contribution is -2.07. The maximum atomic E-state index is 13.4. The minimum Gasteiger partial charge on any atom is -0.394 e. The Hall–Kier alpha value is -1.40. The number of aliphatic hydroxyl groups excluding tert-OH is 1. The molecule has 0 spiro atoms. The van der Waals surface area contributed by atoms with Crippen molar-refractivity contribution < 1.29 is 9.50 Å². The lowest BCUT2D eigenvalue weighted by Gasteiger charge is -2.00. The smallest absolute Gasteiger partial charge is 0.138 e. The van der Waals surface area contributed by atoms with Gasteiger partial charge in [0.25, 0.3) is 0 Å². The molecule has 4 nitrogen and oxygen atoms in total. The van der Waals surface area contributed by atoms with Gasteiger partial charge < -0.3 is 10.8 Å². The molecular weight excluding hydrogens is 289 g/mol. The zero-order chi connectivity index (χ0) is 12.4. The van der Waals surface area contributed by atoms with Gasteiger partial charge >= 0.3 is 0 Å². The second kappa shape index (κ2) is 4.85. The highest BCUT2D eigenvalue weighted by Gasteiger charge is 2.08. The van der Waals surface area contributed by atoms with Crippen molar-refractivity contribution in [2.24, 2.45) is 0 Å². The minimum atomic E-state index is -0.349. The summed E-state index contributed by atoms with van der Waals surface area (Å²) >= 11 is 3.09. The highest BCUT2D eigenvalue weighted by molar-refractivity contribution is 9.10. The van der Waals surface area contributed by atoms with Crippen LogP contribution in [0, 0.1) is 5.82 Å². The van der Waals surface area contributed by atoms with E-state index in [2.05, 4.69) is 21.0 Å². The normalized spacial score (nSPS) is 10.8. The van der Waals surface area contributed by atoms with Crippen LogP contribution in [0.2, 0.25) is 0 Å². The summed E-state index contributed by atoms with van der Waals surface area (Å²) in [5.41, 5.74) is 6.95. The second-order valence-electron chi connectivity index (χ2n) is 3.53. The number of hydrogen-bond acceptors (Lipinski definition) is 3. The Balaban J connectivity index is 2.39. The van der Waals surface area contributed by atoms with Crippen LogP contribution >= 0.6 is 15.9 Å². The molecule has 17 heavy (non-hydrogen) atoms. The molecule has 6 heteroatoms. The molecule has 2 aromatic rings. The van der Waals surface area contributed by atoms with Crippen LogP contribution in [0.25, 0.3) is 11.3 Å². The predicted molar refractivity (Wildman–Crippen MR) is 66.8 cm³/mol. The Morgan fingerprint density at radius 1 is 1.41 bits per heavy atom. The summed E-state index contributed by atoms with van der Waals surface area (Å²) in [5, 5.41) is 13.0. The van der Waals surface area contributed by atoms with Crippen LogP contribution in [0.3, 0.4) is 0 Å². The lowest BCUT2D eigenvalue weighted by atomic mass is 10.1. The number of aliphatic hydroxyl groups is 1. The van der Waals surface area contributed by atoms with Gasteiger partial charge in [-0.1, -0.05) is 6.07 Å². The number of anilines is 1. The molecule has 0 fully saturated rings. The first-order valence-electron chi connectivity index (χ1n) is 5.01. The molecule has 0 atom stereocenters. The van der Waals surface area contributed by atoms with Gasteiger partial charge in [-0.25, -0.2) is 9.07 Å². The molecule has 2 rings (SSSR count). The minimum absolute atomic E-state index is 0.0416. The third-order valence-corrected chi connectivity index (χ3v) is 2.98. The largest absolute Gasteiger partial charge is 0.394 e. The van der Waals surface area contributed by atoms with Crippen LogP contribution in [-0.2, 0) is 6.54 Å². The van der Waals surface area contributed by atoms with Crippen molar-refractivity contribution in [3.05, 3.63) is 34.6 Å². The standard InChI is InChI=1S/C11H11BrFN3O/c12-8-2-1-7(5-9(8)13)10-6-11(14)16(15-10)3-4-17/h1-2,5-6,17H,3-4,14H2. The number of nitrogen functional groups attached to an aromatic ring is 1. The zero-order valence-corrected chi connectivity index (χ0v) is 10.5. The van der Waals surface area contributed by atoms with E-state index in [0.29, 0.717) is 28.1 Å². The molecule has 90 valence electrons. The Labute approximate surface area is 106 Å². The molecule has 0 radical (unpaired) electrons. The van der Waals surface area contributed by atoms with E-state index in [9.17, 15) is 4.39 Å². The maximum absolute atomic E-state index is 13.4. The maximum Gasteiger partial charge on any atom is 0.138 e. The van der Waals surface area contributed by atoms with Gasteiger partial charge in [0, 0.05) is 11.6 Å². The lowest BCUT2D eigenvalue weighted by molar-refractivity contribution is 0.270. The van der Waals surface area contributed by atoms with E-state index < -0.39 is 0 Å². The molecule has 0 amide bonds. The van der Waals surface area contributed by atoms with Crippen LogP contribution in [0.4, 0.5) is 10.2 Å². The fourth-order valence-corrected chi connectivity index (χ4v) is 1.75.